The summed E-state index contributed by atoms with van der Waals surface area (Å²) in [5, 5.41) is 9.73. The second-order valence-corrected chi connectivity index (χ2v) is 4.14. The first kappa shape index (κ1) is 13.1. The zero-order valence-corrected chi connectivity index (χ0v) is 10.2. The maximum absolute atomic E-state index is 9.73. The van der Waals surface area contributed by atoms with Crippen molar-refractivity contribution >= 4 is 12.4 Å². The van der Waals surface area contributed by atoms with Crippen molar-refractivity contribution in [2.75, 3.05) is 7.11 Å². The fourth-order valence-electron chi connectivity index (χ4n) is 1.98. The number of nitrogens with two attached hydrogens (primary N) is 1. The van der Waals surface area contributed by atoms with E-state index in [-0.39, 0.29) is 24.2 Å². The molecule has 1 aromatic carbocycles. The summed E-state index contributed by atoms with van der Waals surface area (Å²) in [7, 11) is 1.62. The number of hydrogen-bond donors (Lipinski definition) is 2. The Morgan fingerprint density at radius 2 is 2.12 bits per heavy atom. The number of methoxy groups -OCH3 is 1. The summed E-state index contributed by atoms with van der Waals surface area (Å²) in [6.45, 7) is 0. The van der Waals surface area contributed by atoms with E-state index in [1.54, 1.807) is 19.2 Å². The van der Waals surface area contributed by atoms with Gasteiger partial charge in [-0.1, -0.05) is 6.42 Å². The van der Waals surface area contributed by atoms with Gasteiger partial charge in [-0.2, -0.15) is 0 Å². The molecule has 4 heteroatoms. The van der Waals surface area contributed by atoms with Crippen LogP contribution in [0.4, 0.5) is 0 Å². The third-order valence-corrected chi connectivity index (χ3v) is 3.25. The zero-order chi connectivity index (χ0) is 10.8. The van der Waals surface area contributed by atoms with Gasteiger partial charge in [0, 0.05) is 11.6 Å². The van der Waals surface area contributed by atoms with Crippen molar-refractivity contribution in [2.45, 2.75) is 25.3 Å². The average molecular weight is 244 g/mol. The van der Waals surface area contributed by atoms with E-state index < -0.39 is 0 Å². The van der Waals surface area contributed by atoms with Gasteiger partial charge >= 0.3 is 0 Å². The molecule has 0 amide bonds. The summed E-state index contributed by atoms with van der Waals surface area (Å²) < 4.78 is 5.12. The highest BCUT2D eigenvalue weighted by Crippen LogP contribution is 2.39. The predicted octanol–water partition coefficient (Wildman–Crippen LogP) is 2.62. The SMILES string of the molecule is COc1ccc(O)c([C@@H](N)C2CCC2)c1.Cl. The van der Waals surface area contributed by atoms with Gasteiger partial charge in [0.25, 0.3) is 0 Å². The van der Waals surface area contributed by atoms with E-state index in [1.165, 1.54) is 6.42 Å². The Labute approximate surface area is 102 Å². The summed E-state index contributed by atoms with van der Waals surface area (Å²) >= 11 is 0. The molecule has 0 radical (unpaired) electrons. The first-order valence-corrected chi connectivity index (χ1v) is 5.35. The van der Waals surface area contributed by atoms with Crippen LogP contribution in [0.1, 0.15) is 30.9 Å². The number of rotatable bonds is 3. The summed E-state index contributed by atoms with van der Waals surface area (Å²) in [4.78, 5) is 0. The maximum atomic E-state index is 9.73. The van der Waals surface area contributed by atoms with Crippen molar-refractivity contribution in [2.24, 2.45) is 11.7 Å². The molecular formula is C12H18ClNO2. The molecule has 0 unspecified atom stereocenters. The fraction of sp³-hybridized carbons (Fsp3) is 0.500. The lowest BCUT2D eigenvalue weighted by Crippen LogP contribution is -2.26. The molecule has 16 heavy (non-hydrogen) atoms. The fourth-order valence-corrected chi connectivity index (χ4v) is 1.98. The molecule has 0 saturated heterocycles. The van der Waals surface area contributed by atoms with Gasteiger partial charge in [0.05, 0.1) is 7.11 Å². The lowest BCUT2D eigenvalue weighted by molar-refractivity contribution is 0.260. The van der Waals surface area contributed by atoms with E-state index in [0.717, 1.165) is 24.2 Å². The molecule has 1 atom stereocenters. The smallest absolute Gasteiger partial charge is 0.120 e. The maximum Gasteiger partial charge on any atom is 0.120 e. The van der Waals surface area contributed by atoms with Crippen molar-refractivity contribution in [1.82, 2.24) is 0 Å². The highest BCUT2D eigenvalue weighted by Gasteiger charge is 2.27. The van der Waals surface area contributed by atoms with Crippen LogP contribution in [0.25, 0.3) is 0 Å². The van der Waals surface area contributed by atoms with E-state index in [2.05, 4.69) is 0 Å². The van der Waals surface area contributed by atoms with E-state index >= 15 is 0 Å². The molecule has 1 aromatic rings. The van der Waals surface area contributed by atoms with Crippen LogP contribution in [-0.2, 0) is 0 Å². The lowest BCUT2D eigenvalue weighted by Gasteiger charge is -2.31. The van der Waals surface area contributed by atoms with Crippen LogP contribution in [0, 0.1) is 5.92 Å². The van der Waals surface area contributed by atoms with E-state index in [1.807, 2.05) is 6.07 Å². The monoisotopic (exact) mass is 243 g/mol. The summed E-state index contributed by atoms with van der Waals surface area (Å²) in [6, 6.07) is 5.16. The van der Waals surface area contributed by atoms with Crippen LogP contribution in [0.15, 0.2) is 18.2 Å². The first-order valence-electron chi connectivity index (χ1n) is 5.35. The van der Waals surface area contributed by atoms with Crippen LogP contribution >= 0.6 is 12.4 Å². The number of phenolic OH excluding ortho intramolecular Hbond substituents is 1. The van der Waals surface area contributed by atoms with Crippen LogP contribution < -0.4 is 10.5 Å². The van der Waals surface area contributed by atoms with Gasteiger partial charge in [-0.25, -0.2) is 0 Å². The number of hydrogen-bond acceptors (Lipinski definition) is 3. The first-order chi connectivity index (χ1) is 7.22. The molecule has 1 aliphatic rings. The quantitative estimate of drug-likeness (QED) is 0.858. The van der Waals surface area contributed by atoms with Gasteiger partial charge < -0.3 is 15.6 Å². The van der Waals surface area contributed by atoms with E-state index in [9.17, 15) is 5.11 Å². The second kappa shape index (κ2) is 5.41. The molecular weight excluding hydrogens is 226 g/mol. The molecule has 0 heterocycles. The average Bonchev–Trinajstić information content (AvgIpc) is 2.15. The van der Waals surface area contributed by atoms with Crippen molar-refractivity contribution in [3.8, 4) is 11.5 Å². The third kappa shape index (κ3) is 2.42. The number of benzene rings is 1. The number of aromatic hydroxyl groups is 1. The van der Waals surface area contributed by atoms with Gasteiger partial charge in [-0.15, -0.1) is 12.4 Å². The van der Waals surface area contributed by atoms with E-state index in [4.69, 9.17) is 10.5 Å². The van der Waals surface area contributed by atoms with Gasteiger partial charge in [0.15, 0.2) is 0 Å². The minimum Gasteiger partial charge on any atom is -0.508 e. The molecule has 3 N–H and O–H groups in total. The lowest BCUT2D eigenvalue weighted by atomic mass is 9.77. The van der Waals surface area contributed by atoms with Crippen LogP contribution in [0.5, 0.6) is 11.5 Å². The van der Waals surface area contributed by atoms with Crippen molar-refractivity contribution in [3.05, 3.63) is 23.8 Å². The van der Waals surface area contributed by atoms with Crippen LogP contribution in [0.2, 0.25) is 0 Å². The molecule has 1 saturated carbocycles. The largest absolute Gasteiger partial charge is 0.508 e. The molecule has 0 aromatic heterocycles. The Hall–Kier alpha value is -0.930. The van der Waals surface area contributed by atoms with Crippen LogP contribution in [-0.4, -0.2) is 12.2 Å². The topological polar surface area (TPSA) is 55.5 Å². The molecule has 3 nitrogen and oxygen atoms in total. The summed E-state index contributed by atoms with van der Waals surface area (Å²) in [6.07, 6.45) is 3.58. The van der Waals surface area contributed by atoms with Gasteiger partial charge in [0.2, 0.25) is 0 Å². The predicted molar refractivity (Wildman–Crippen MR) is 66.2 cm³/mol. The molecule has 1 fully saturated rings. The number of halogens is 1. The van der Waals surface area contributed by atoms with Gasteiger partial charge in [0.1, 0.15) is 11.5 Å². The standard InChI is InChI=1S/C12H17NO2.ClH/c1-15-9-5-6-11(14)10(7-9)12(13)8-3-2-4-8;/h5-8,12,14H,2-4,13H2,1H3;1H/t12-;/m0./s1. The Kier molecular flexibility index (Phi) is 4.44. The van der Waals surface area contributed by atoms with E-state index in [0.29, 0.717) is 5.92 Å². The second-order valence-electron chi connectivity index (χ2n) is 4.14. The zero-order valence-electron chi connectivity index (χ0n) is 9.35. The van der Waals surface area contributed by atoms with Crippen molar-refractivity contribution in [3.63, 3.8) is 0 Å². The Bertz CT molecular complexity index is 353. The highest BCUT2D eigenvalue weighted by atomic mass is 35.5. The summed E-state index contributed by atoms with van der Waals surface area (Å²) in [5.74, 6) is 1.54. The number of phenols is 1. The van der Waals surface area contributed by atoms with Crippen molar-refractivity contribution in [1.29, 1.82) is 0 Å². The third-order valence-electron chi connectivity index (χ3n) is 3.25. The summed E-state index contributed by atoms with van der Waals surface area (Å²) in [5.41, 5.74) is 6.91. The highest BCUT2D eigenvalue weighted by molar-refractivity contribution is 5.85. The molecule has 0 spiro atoms. The Morgan fingerprint density at radius 3 is 2.62 bits per heavy atom. The molecule has 2 rings (SSSR count). The Morgan fingerprint density at radius 1 is 1.44 bits per heavy atom. The molecule has 1 aliphatic carbocycles. The van der Waals surface area contributed by atoms with Gasteiger partial charge in [-0.3, -0.25) is 0 Å². The Balaban J connectivity index is 0.00000128. The van der Waals surface area contributed by atoms with Gasteiger partial charge in [-0.05, 0) is 37.0 Å². The molecule has 90 valence electrons. The number of ether oxygens (including phenoxy) is 1. The van der Waals surface area contributed by atoms with Crippen molar-refractivity contribution < 1.29 is 9.84 Å². The molecule has 0 aliphatic heterocycles. The molecule has 0 bridgehead atoms. The normalized spacial score (nSPS) is 17.1. The minimum atomic E-state index is -0.0613. The minimum absolute atomic E-state index is 0. The van der Waals surface area contributed by atoms with Crippen LogP contribution in [0.3, 0.4) is 0 Å².